The molecule has 28 heavy (non-hydrogen) atoms. The predicted octanol–water partition coefficient (Wildman–Crippen LogP) is 2.82. The van der Waals surface area contributed by atoms with Crippen LogP contribution < -0.4 is 4.74 Å². The summed E-state index contributed by atoms with van der Waals surface area (Å²) in [5, 5.41) is 4.58. The standard InChI is InChI=1S/C19H24N4O3S2/c1-4-9-22-17(14-5-7-15(25-2)8-6-14)20-23(19(22)27)13-21-10-11-28-16(12-21)18(24)26-3/h4-8,16H,1,9-13H2,2-3H3/t16-/m0/s1. The Morgan fingerprint density at radius 1 is 1.39 bits per heavy atom. The summed E-state index contributed by atoms with van der Waals surface area (Å²) in [7, 11) is 3.07. The van der Waals surface area contributed by atoms with Crippen molar-refractivity contribution in [2.75, 3.05) is 33.1 Å². The highest BCUT2D eigenvalue weighted by Crippen LogP contribution is 2.23. The summed E-state index contributed by atoms with van der Waals surface area (Å²) in [6.45, 7) is 6.42. The second-order valence-electron chi connectivity index (χ2n) is 6.33. The Kier molecular flexibility index (Phi) is 6.93. The Bertz CT molecular complexity index is 892. The largest absolute Gasteiger partial charge is 0.497 e. The van der Waals surface area contributed by atoms with Crippen molar-refractivity contribution in [1.82, 2.24) is 19.2 Å². The molecule has 0 bridgehead atoms. The summed E-state index contributed by atoms with van der Waals surface area (Å²) in [5.41, 5.74) is 0.953. The van der Waals surface area contributed by atoms with Gasteiger partial charge in [-0.25, -0.2) is 4.68 Å². The van der Waals surface area contributed by atoms with Gasteiger partial charge in [0.05, 0.1) is 20.9 Å². The van der Waals surface area contributed by atoms with Gasteiger partial charge in [-0.3, -0.25) is 14.3 Å². The van der Waals surface area contributed by atoms with E-state index in [-0.39, 0.29) is 11.2 Å². The molecule has 1 aliphatic heterocycles. The molecule has 1 aromatic carbocycles. The van der Waals surface area contributed by atoms with E-state index in [1.165, 1.54) is 7.11 Å². The Morgan fingerprint density at radius 3 is 2.79 bits per heavy atom. The molecule has 0 amide bonds. The number of thioether (sulfide) groups is 1. The normalized spacial score (nSPS) is 17.3. The minimum atomic E-state index is -0.186. The van der Waals surface area contributed by atoms with Gasteiger partial charge in [-0.15, -0.1) is 18.3 Å². The molecule has 9 heteroatoms. The van der Waals surface area contributed by atoms with Gasteiger partial charge in [-0.1, -0.05) is 6.08 Å². The molecule has 0 N–H and O–H groups in total. The van der Waals surface area contributed by atoms with Crippen LogP contribution in [0.3, 0.4) is 0 Å². The molecule has 150 valence electrons. The number of esters is 1. The second-order valence-corrected chi connectivity index (χ2v) is 8.01. The highest BCUT2D eigenvalue weighted by molar-refractivity contribution is 8.00. The van der Waals surface area contributed by atoms with E-state index in [9.17, 15) is 4.79 Å². The van der Waals surface area contributed by atoms with E-state index < -0.39 is 0 Å². The molecule has 2 heterocycles. The summed E-state index contributed by atoms with van der Waals surface area (Å²) in [4.78, 5) is 14.1. The number of nitrogens with zero attached hydrogens (tertiary/aromatic N) is 4. The molecule has 0 unspecified atom stereocenters. The van der Waals surface area contributed by atoms with Crippen molar-refractivity contribution in [3.05, 3.63) is 41.7 Å². The van der Waals surface area contributed by atoms with Gasteiger partial charge in [0.15, 0.2) is 10.6 Å². The molecule has 1 saturated heterocycles. The lowest BCUT2D eigenvalue weighted by molar-refractivity contribution is -0.140. The van der Waals surface area contributed by atoms with Gasteiger partial charge in [0.25, 0.3) is 0 Å². The van der Waals surface area contributed by atoms with Gasteiger partial charge in [-0.2, -0.15) is 5.10 Å². The van der Waals surface area contributed by atoms with E-state index in [1.54, 1.807) is 24.9 Å². The summed E-state index contributed by atoms with van der Waals surface area (Å²) in [5.74, 6) is 2.25. The first-order chi connectivity index (χ1) is 13.6. The minimum Gasteiger partial charge on any atom is -0.497 e. The van der Waals surface area contributed by atoms with E-state index >= 15 is 0 Å². The van der Waals surface area contributed by atoms with Crippen molar-refractivity contribution < 1.29 is 14.3 Å². The minimum absolute atomic E-state index is 0.177. The molecular formula is C19H24N4O3S2. The molecule has 7 nitrogen and oxygen atoms in total. The second kappa shape index (κ2) is 9.40. The zero-order valence-electron chi connectivity index (χ0n) is 16.0. The summed E-state index contributed by atoms with van der Waals surface area (Å²) in [6.07, 6.45) is 1.81. The number of hydrogen-bond donors (Lipinski definition) is 0. The average Bonchev–Trinajstić information content (AvgIpc) is 3.03. The summed E-state index contributed by atoms with van der Waals surface area (Å²) >= 11 is 7.30. The van der Waals surface area contributed by atoms with Gasteiger partial charge in [0.2, 0.25) is 0 Å². The fourth-order valence-electron chi connectivity index (χ4n) is 3.07. The Hall–Kier alpha value is -2.10. The van der Waals surface area contributed by atoms with E-state index in [4.69, 9.17) is 26.8 Å². The third-order valence-corrected chi connectivity index (χ3v) is 6.12. The lowest BCUT2D eigenvalue weighted by Gasteiger charge is -2.30. The number of hydrogen-bond acceptors (Lipinski definition) is 7. The number of carbonyl (C=O) groups is 1. The average molecular weight is 421 g/mol. The highest BCUT2D eigenvalue weighted by atomic mass is 32.2. The number of methoxy groups -OCH3 is 2. The zero-order chi connectivity index (χ0) is 20.1. The Labute approximate surface area is 173 Å². The fourth-order valence-corrected chi connectivity index (χ4v) is 4.53. The molecule has 0 radical (unpaired) electrons. The molecule has 0 aliphatic carbocycles. The van der Waals surface area contributed by atoms with Crippen LogP contribution in [0.5, 0.6) is 5.75 Å². The van der Waals surface area contributed by atoms with Crippen LogP contribution in [0.25, 0.3) is 11.4 Å². The van der Waals surface area contributed by atoms with Gasteiger partial charge in [0.1, 0.15) is 11.0 Å². The van der Waals surface area contributed by atoms with Crippen molar-refractivity contribution >= 4 is 29.9 Å². The van der Waals surface area contributed by atoms with E-state index in [0.717, 1.165) is 29.4 Å². The smallest absolute Gasteiger partial charge is 0.320 e. The number of ether oxygens (including phenoxy) is 2. The molecule has 1 atom stereocenters. The molecule has 0 saturated carbocycles. The molecule has 2 aromatic rings. The molecule has 0 spiro atoms. The van der Waals surface area contributed by atoms with Gasteiger partial charge < -0.3 is 9.47 Å². The molecule has 3 rings (SSSR count). The number of rotatable bonds is 7. The van der Waals surface area contributed by atoms with Crippen molar-refractivity contribution in [3.63, 3.8) is 0 Å². The van der Waals surface area contributed by atoms with Gasteiger partial charge >= 0.3 is 5.97 Å². The molecule has 1 aromatic heterocycles. The maximum absolute atomic E-state index is 11.9. The van der Waals surface area contributed by atoms with Crippen LogP contribution in [-0.4, -0.2) is 63.5 Å². The van der Waals surface area contributed by atoms with Crippen LogP contribution in [0.2, 0.25) is 0 Å². The van der Waals surface area contributed by atoms with Crippen LogP contribution in [0, 0.1) is 4.77 Å². The first-order valence-electron chi connectivity index (χ1n) is 8.92. The maximum atomic E-state index is 11.9. The summed E-state index contributed by atoms with van der Waals surface area (Å²) < 4.78 is 14.5. The molecule has 1 fully saturated rings. The lowest BCUT2D eigenvalue weighted by Crippen LogP contribution is -2.42. The van der Waals surface area contributed by atoms with E-state index in [2.05, 4.69) is 11.5 Å². The van der Waals surface area contributed by atoms with Crippen LogP contribution >= 0.6 is 24.0 Å². The van der Waals surface area contributed by atoms with Crippen molar-refractivity contribution in [3.8, 4) is 17.1 Å². The monoisotopic (exact) mass is 420 g/mol. The number of carbonyl (C=O) groups excluding carboxylic acids is 1. The van der Waals surface area contributed by atoms with Crippen molar-refractivity contribution in [2.45, 2.75) is 18.5 Å². The van der Waals surface area contributed by atoms with Crippen LogP contribution in [0.1, 0.15) is 0 Å². The predicted molar refractivity (Wildman–Crippen MR) is 113 cm³/mol. The van der Waals surface area contributed by atoms with Crippen LogP contribution in [0.15, 0.2) is 36.9 Å². The zero-order valence-corrected chi connectivity index (χ0v) is 17.7. The first-order valence-corrected chi connectivity index (χ1v) is 10.4. The fraction of sp³-hybridized carbons (Fsp3) is 0.421. The SMILES string of the molecule is C=CCn1c(-c2ccc(OC)cc2)nn(CN2CCS[C@H](C(=O)OC)C2)c1=S. The number of aromatic nitrogens is 3. The highest BCUT2D eigenvalue weighted by Gasteiger charge is 2.27. The van der Waals surface area contributed by atoms with Gasteiger partial charge in [-0.05, 0) is 36.5 Å². The topological polar surface area (TPSA) is 61.5 Å². The maximum Gasteiger partial charge on any atom is 0.320 e. The number of allylic oxidation sites excluding steroid dienone is 1. The van der Waals surface area contributed by atoms with E-state index in [1.807, 2.05) is 33.5 Å². The quantitative estimate of drug-likeness (QED) is 0.388. The summed E-state index contributed by atoms with van der Waals surface area (Å²) in [6, 6.07) is 7.73. The molecule has 1 aliphatic rings. The van der Waals surface area contributed by atoms with Crippen LogP contribution in [-0.2, 0) is 22.7 Å². The first kappa shape index (κ1) is 20.6. The number of benzene rings is 1. The lowest BCUT2D eigenvalue weighted by atomic mass is 10.2. The molecular weight excluding hydrogens is 396 g/mol. The Balaban J connectivity index is 1.86. The Morgan fingerprint density at radius 2 is 2.14 bits per heavy atom. The van der Waals surface area contributed by atoms with Crippen molar-refractivity contribution in [1.29, 1.82) is 0 Å². The van der Waals surface area contributed by atoms with Crippen molar-refractivity contribution in [2.24, 2.45) is 0 Å². The van der Waals surface area contributed by atoms with Gasteiger partial charge in [0, 0.05) is 31.0 Å². The third kappa shape index (κ3) is 4.48. The van der Waals surface area contributed by atoms with E-state index in [0.29, 0.717) is 24.5 Å². The van der Waals surface area contributed by atoms with Crippen LogP contribution in [0.4, 0.5) is 0 Å². The third-order valence-electron chi connectivity index (χ3n) is 4.53.